The molecule has 0 N–H and O–H groups in total. The van der Waals surface area contributed by atoms with Gasteiger partial charge in [-0.15, -0.1) is 6.58 Å². The van der Waals surface area contributed by atoms with Gasteiger partial charge in [-0.25, -0.2) is 0 Å². The minimum absolute atomic E-state index is 0.259. The molecule has 0 heterocycles. The van der Waals surface area contributed by atoms with E-state index in [2.05, 4.69) is 61.2 Å². The molecule has 0 aliphatic heterocycles. The van der Waals surface area contributed by atoms with Gasteiger partial charge < -0.3 is 0 Å². The van der Waals surface area contributed by atoms with Crippen molar-refractivity contribution in [2.45, 2.75) is 11.8 Å². The number of fused-ring (bicyclic) bond motifs is 5. The first-order chi connectivity index (χ1) is 8.38. The fraction of sp³-hybridized carbons (Fsp3) is 0.176. The summed E-state index contributed by atoms with van der Waals surface area (Å²) < 4.78 is 0. The smallest absolute Gasteiger partial charge is 0.0284 e. The van der Waals surface area contributed by atoms with Crippen LogP contribution in [0, 0.1) is 5.92 Å². The lowest BCUT2D eigenvalue weighted by molar-refractivity contribution is 0.816. The number of rotatable bonds is 1. The van der Waals surface area contributed by atoms with Crippen LogP contribution in [-0.2, 0) is 5.41 Å². The molecule has 2 aliphatic rings. The average molecular weight is 218 g/mol. The minimum atomic E-state index is 0.259. The Hall–Kier alpha value is -1.82. The summed E-state index contributed by atoms with van der Waals surface area (Å²) in [5, 5.41) is 0. The summed E-state index contributed by atoms with van der Waals surface area (Å²) in [4.78, 5) is 0. The molecule has 1 saturated carbocycles. The quantitative estimate of drug-likeness (QED) is 0.630. The van der Waals surface area contributed by atoms with Crippen molar-refractivity contribution in [3.05, 3.63) is 72.3 Å². The van der Waals surface area contributed by atoms with Crippen LogP contribution in [0.4, 0.5) is 0 Å². The standard InChI is InChI=1S/C17H14/c1-2-12-11-17(12)15-9-5-3-7-13(15)14-8-4-6-10-16(14)17/h2-10,12H,1,11H2. The molecule has 1 spiro atoms. The number of hydrogen-bond donors (Lipinski definition) is 0. The monoisotopic (exact) mass is 218 g/mol. The van der Waals surface area contributed by atoms with E-state index in [1.54, 1.807) is 0 Å². The van der Waals surface area contributed by atoms with Gasteiger partial charge in [-0.3, -0.25) is 0 Å². The van der Waals surface area contributed by atoms with Crippen LogP contribution >= 0.6 is 0 Å². The zero-order valence-corrected chi connectivity index (χ0v) is 9.69. The molecule has 0 saturated heterocycles. The molecule has 0 bridgehead atoms. The molecule has 82 valence electrons. The van der Waals surface area contributed by atoms with Crippen LogP contribution in [0.5, 0.6) is 0 Å². The maximum Gasteiger partial charge on any atom is 0.0284 e. The van der Waals surface area contributed by atoms with E-state index in [-0.39, 0.29) is 5.41 Å². The van der Waals surface area contributed by atoms with Crippen LogP contribution in [0.15, 0.2) is 61.2 Å². The first kappa shape index (κ1) is 9.23. The maximum atomic E-state index is 3.99. The molecule has 4 rings (SSSR count). The number of benzene rings is 2. The van der Waals surface area contributed by atoms with E-state index < -0.39 is 0 Å². The molecule has 1 unspecified atom stereocenters. The molecule has 0 radical (unpaired) electrons. The van der Waals surface area contributed by atoms with Crippen molar-refractivity contribution >= 4 is 0 Å². The lowest BCUT2D eigenvalue weighted by Gasteiger charge is -2.12. The SMILES string of the molecule is C=CC1CC12c1ccccc1-c1ccccc12. The molecule has 2 aromatic rings. The highest BCUT2D eigenvalue weighted by molar-refractivity contribution is 5.83. The molecular weight excluding hydrogens is 204 g/mol. The highest BCUT2D eigenvalue weighted by Crippen LogP contribution is 2.66. The van der Waals surface area contributed by atoms with Crippen molar-refractivity contribution in [2.24, 2.45) is 5.92 Å². The van der Waals surface area contributed by atoms with Gasteiger partial charge in [0.25, 0.3) is 0 Å². The van der Waals surface area contributed by atoms with Gasteiger partial charge in [0.05, 0.1) is 0 Å². The highest BCUT2D eigenvalue weighted by atomic mass is 14.6. The molecule has 1 atom stereocenters. The average Bonchev–Trinajstić information content (AvgIpc) is 3.07. The Kier molecular flexibility index (Phi) is 1.57. The Morgan fingerprint density at radius 3 is 1.94 bits per heavy atom. The molecule has 0 aromatic heterocycles. The molecule has 0 amide bonds. The van der Waals surface area contributed by atoms with Gasteiger partial charge in [0.2, 0.25) is 0 Å². The Morgan fingerprint density at radius 2 is 1.47 bits per heavy atom. The molecule has 0 nitrogen and oxygen atoms in total. The van der Waals surface area contributed by atoms with Crippen molar-refractivity contribution in [3.63, 3.8) is 0 Å². The van der Waals surface area contributed by atoms with Crippen molar-refractivity contribution in [3.8, 4) is 11.1 Å². The van der Waals surface area contributed by atoms with E-state index in [1.807, 2.05) is 0 Å². The van der Waals surface area contributed by atoms with Crippen molar-refractivity contribution in [1.29, 1.82) is 0 Å². The van der Waals surface area contributed by atoms with E-state index in [1.165, 1.54) is 28.7 Å². The number of allylic oxidation sites excluding steroid dienone is 1. The fourth-order valence-corrected chi connectivity index (χ4v) is 3.55. The van der Waals surface area contributed by atoms with Crippen LogP contribution in [0.3, 0.4) is 0 Å². The second-order valence-corrected chi connectivity index (χ2v) is 5.11. The number of hydrogen-bond acceptors (Lipinski definition) is 0. The third kappa shape index (κ3) is 0.945. The summed E-state index contributed by atoms with van der Waals surface area (Å²) in [6.45, 7) is 3.99. The van der Waals surface area contributed by atoms with E-state index in [0.717, 1.165) is 0 Å². The highest BCUT2D eigenvalue weighted by Gasteiger charge is 2.59. The van der Waals surface area contributed by atoms with E-state index in [9.17, 15) is 0 Å². The van der Waals surface area contributed by atoms with Crippen LogP contribution in [0.1, 0.15) is 17.5 Å². The van der Waals surface area contributed by atoms with Crippen LogP contribution in [-0.4, -0.2) is 0 Å². The summed E-state index contributed by atoms with van der Waals surface area (Å²) in [6, 6.07) is 17.7. The summed E-state index contributed by atoms with van der Waals surface area (Å²) >= 11 is 0. The van der Waals surface area contributed by atoms with Gasteiger partial charge in [0.1, 0.15) is 0 Å². The lowest BCUT2D eigenvalue weighted by Crippen LogP contribution is -2.06. The van der Waals surface area contributed by atoms with E-state index in [0.29, 0.717) is 5.92 Å². The van der Waals surface area contributed by atoms with Crippen LogP contribution < -0.4 is 0 Å². The zero-order valence-electron chi connectivity index (χ0n) is 9.69. The van der Waals surface area contributed by atoms with Crippen LogP contribution in [0.25, 0.3) is 11.1 Å². The predicted molar refractivity (Wildman–Crippen MR) is 71.0 cm³/mol. The van der Waals surface area contributed by atoms with Crippen LogP contribution in [0.2, 0.25) is 0 Å². The summed E-state index contributed by atoms with van der Waals surface area (Å²) in [5.41, 5.74) is 6.12. The normalized spacial score (nSPS) is 22.0. The topological polar surface area (TPSA) is 0 Å². The molecule has 17 heavy (non-hydrogen) atoms. The summed E-state index contributed by atoms with van der Waals surface area (Å²) in [7, 11) is 0. The minimum Gasteiger partial charge on any atom is -0.103 e. The Balaban J connectivity index is 2.08. The predicted octanol–water partition coefficient (Wildman–Crippen LogP) is 4.16. The van der Waals surface area contributed by atoms with Gasteiger partial charge in [-0.05, 0) is 34.6 Å². The van der Waals surface area contributed by atoms with E-state index >= 15 is 0 Å². The largest absolute Gasteiger partial charge is 0.103 e. The van der Waals surface area contributed by atoms with Gasteiger partial charge in [-0.1, -0.05) is 54.6 Å². The summed E-state index contributed by atoms with van der Waals surface area (Å²) in [6.07, 6.45) is 3.35. The van der Waals surface area contributed by atoms with Gasteiger partial charge in [0.15, 0.2) is 0 Å². The van der Waals surface area contributed by atoms with Crippen molar-refractivity contribution in [1.82, 2.24) is 0 Å². The summed E-state index contributed by atoms with van der Waals surface area (Å²) in [5.74, 6) is 0.618. The second kappa shape index (κ2) is 2.89. The van der Waals surface area contributed by atoms with Gasteiger partial charge in [0, 0.05) is 5.41 Å². The van der Waals surface area contributed by atoms with Crippen molar-refractivity contribution < 1.29 is 0 Å². The molecule has 0 heteroatoms. The van der Waals surface area contributed by atoms with Gasteiger partial charge >= 0.3 is 0 Å². The Bertz CT molecular complexity index is 576. The Morgan fingerprint density at radius 1 is 0.941 bits per heavy atom. The third-order valence-corrected chi connectivity index (χ3v) is 4.40. The Labute approximate surface area is 102 Å². The lowest BCUT2D eigenvalue weighted by atomic mass is 9.91. The zero-order chi connectivity index (χ0) is 11.5. The first-order valence-corrected chi connectivity index (χ1v) is 6.20. The van der Waals surface area contributed by atoms with E-state index in [4.69, 9.17) is 0 Å². The molecular formula is C17H14. The third-order valence-electron chi connectivity index (χ3n) is 4.40. The fourth-order valence-electron chi connectivity index (χ4n) is 3.55. The van der Waals surface area contributed by atoms with Crippen molar-refractivity contribution in [2.75, 3.05) is 0 Å². The molecule has 2 aliphatic carbocycles. The maximum absolute atomic E-state index is 3.99. The van der Waals surface area contributed by atoms with Gasteiger partial charge in [-0.2, -0.15) is 0 Å². The molecule has 1 fully saturated rings. The first-order valence-electron chi connectivity index (χ1n) is 6.20. The second-order valence-electron chi connectivity index (χ2n) is 5.11. The molecule has 2 aromatic carbocycles.